The number of nitrogens with zero attached hydrogens (tertiary/aromatic N) is 1. The van der Waals surface area contributed by atoms with E-state index in [-0.39, 0.29) is 0 Å². The smallest absolute Gasteiger partial charge is 0.331 e. The molecule has 0 saturated heterocycles. The van der Waals surface area contributed by atoms with E-state index in [1.165, 1.54) is 19.2 Å². The predicted octanol–water partition coefficient (Wildman–Crippen LogP) is 0.718. The van der Waals surface area contributed by atoms with Gasteiger partial charge in [0.25, 0.3) is 0 Å². The fourth-order valence-corrected chi connectivity index (χ4v) is 0.258. The molecule has 0 aliphatic carbocycles. The van der Waals surface area contributed by atoms with E-state index in [1.807, 2.05) is 0 Å². The van der Waals surface area contributed by atoms with Gasteiger partial charge in [-0.2, -0.15) is 0 Å². The minimum absolute atomic E-state index is 0.292. The van der Waals surface area contributed by atoms with Crippen molar-refractivity contribution in [3.05, 3.63) is 11.6 Å². The number of aliphatic imine (C=N–C) groups is 1. The molecule has 0 spiro atoms. The number of carboxylic acids is 1. The summed E-state index contributed by atoms with van der Waals surface area (Å²) in [5, 5.41) is 8.28. The van der Waals surface area contributed by atoms with E-state index in [9.17, 15) is 4.79 Å². The molecule has 0 radical (unpaired) electrons. The van der Waals surface area contributed by atoms with Gasteiger partial charge in [-0.25, -0.2) is 4.79 Å². The maximum atomic E-state index is 10.1. The average Bonchev–Trinajstić information content (AvgIpc) is 1.82. The Morgan fingerprint density at radius 1 is 1.67 bits per heavy atom. The van der Waals surface area contributed by atoms with Gasteiger partial charge in [-0.1, -0.05) is 0 Å². The molecule has 0 amide bonds. The average molecular weight is 127 g/mol. The summed E-state index contributed by atoms with van der Waals surface area (Å²) >= 11 is 0. The summed E-state index contributed by atoms with van der Waals surface area (Å²) < 4.78 is 0. The molecule has 0 rings (SSSR count). The molecule has 50 valence electrons. The highest BCUT2D eigenvalue weighted by molar-refractivity contribution is 5.91. The van der Waals surface area contributed by atoms with Crippen molar-refractivity contribution in [2.24, 2.45) is 4.99 Å². The number of aliphatic carboxylic acids is 1. The molecule has 0 saturated carbocycles. The fourth-order valence-electron chi connectivity index (χ4n) is 0.258. The van der Waals surface area contributed by atoms with Crippen LogP contribution in [-0.4, -0.2) is 24.3 Å². The van der Waals surface area contributed by atoms with E-state index in [0.29, 0.717) is 5.57 Å². The number of carboxylic acid groups (broad SMARTS) is 1. The number of allylic oxidation sites excluding steroid dienone is 1. The minimum atomic E-state index is -0.908. The van der Waals surface area contributed by atoms with Crippen molar-refractivity contribution in [2.45, 2.75) is 6.92 Å². The number of hydrogen-bond donors (Lipinski definition) is 1. The van der Waals surface area contributed by atoms with Crippen LogP contribution >= 0.6 is 0 Å². The van der Waals surface area contributed by atoms with Gasteiger partial charge in [-0.15, -0.1) is 0 Å². The van der Waals surface area contributed by atoms with Crippen LogP contribution in [0.4, 0.5) is 0 Å². The Kier molecular flexibility index (Phi) is 3.35. The molecule has 1 N–H and O–H groups in total. The highest BCUT2D eigenvalue weighted by atomic mass is 16.4. The third-order valence-electron chi connectivity index (χ3n) is 0.811. The summed E-state index contributed by atoms with van der Waals surface area (Å²) in [6, 6.07) is 0. The van der Waals surface area contributed by atoms with Gasteiger partial charge < -0.3 is 5.11 Å². The van der Waals surface area contributed by atoms with Crippen LogP contribution in [0.3, 0.4) is 0 Å². The molecule has 0 fully saturated rings. The summed E-state index contributed by atoms with van der Waals surface area (Å²) in [5.41, 5.74) is 0.292. The van der Waals surface area contributed by atoms with Crippen LogP contribution in [0, 0.1) is 0 Å². The standard InChI is InChI=1S/C6H9NO2/c1-5(6(8)9)3-4-7-2/h3-4H,1-2H3,(H,8,9). The predicted molar refractivity (Wildman–Crippen MR) is 35.8 cm³/mol. The van der Waals surface area contributed by atoms with Crippen molar-refractivity contribution in [1.29, 1.82) is 0 Å². The molecule has 0 aromatic carbocycles. The summed E-state index contributed by atoms with van der Waals surface area (Å²) in [7, 11) is 1.59. The first-order valence-electron chi connectivity index (χ1n) is 2.51. The van der Waals surface area contributed by atoms with E-state index >= 15 is 0 Å². The maximum absolute atomic E-state index is 10.1. The van der Waals surface area contributed by atoms with Crippen LogP contribution in [0.15, 0.2) is 16.6 Å². The van der Waals surface area contributed by atoms with Crippen molar-refractivity contribution in [2.75, 3.05) is 7.05 Å². The second-order valence-corrected chi connectivity index (χ2v) is 1.56. The zero-order valence-corrected chi connectivity index (χ0v) is 5.46. The first-order valence-corrected chi connectivity index (χ1v) is 2.51. The van der Waals surface area contributed by atoms with Crippen LogP contribution in [0.2, 0.25) is 0 Å². The van der Waals surface area contributed by atoms with Crippen molar-refractivity contribution < 1.29 is 9.90 Å². The molecule has 3 nitrogen and oxygen atoms in total. The van der Waals surface area contributed by atoms with Gasteiger partial charge in [0.1, 0.15) is 0 Å². The van der Waals surface area contributed by atoms with E-state index in [1.54, 1.807) is 7.05 Å². The monoisotopic (exact) mass is 127 g/mol. The lowest BCUT2D eigenvalue weighted by molar-refractivity contribution is -0.132. The van der Waals surface area contributed by atoms with Crippen molar-refractivity contribution in [3.63, 3.8) is 0 Å². The Morgan fingerprint density at radius 2 is 2.22 bits per heavy atom. The third-order valence-corrected chi connectivity index (χ3v) is 0.811. The van der Waals surface area contributed by atoms with Crippen molar-refractivity contribution in [1.82, 2.24) is 0 Å². The summed E-state index contributed by atoms with van der Waals surface area (Å²) in [6.07, 6.45) is 2.89. The van der Waals surface area contributed by atoms with E-state index < -0.39 is 5.97 Å². The molecule has 0 atom stereocenters. The molecule has 9 heavy (non-hydrogen) atoms. The Labute approximate surface area is 53.7 Å². The maximum Gasteiger partial charge on any atom is 0.331 e. The van der Waals surface area contributed by atoms with Gasteiger partial charge in [-0.05, 0) is 13.0 Å². The largest absolute Gasteiger partial charge is 0.478 e. The van der Waals surface area contributed by atoms with E-state index in [4.69, 9.17) is 5.11 Å². The lowest BCUT2D eigenvalue weighted by Gasteiger charge is -1.85. The molecule has 3 heteroatoms. The summed E-state index contributed by atoms with van der Waals surface area (Å²) in [5.74, 6) is -0.908. The Bertz CT molecular complexity index is 158. The molecule has 0 unspecified atom stereocenters. The van der Waals surface area contributed by atoms with Gasteiger partial charge in [0.15, 0.2) is 0 Å². The zero-order valence-electron chi connectivity index (χ0n) is 5.46. The molecule has 0 aromatic heterocycles. The second-order valence-electron chi connectivity index (χ2n) is 1.56. The fraction of sp³-hybridized carbons (Fsp3) is 0.333. The Hall–Kier alpha value is -1.12. The quantitative estimate of drug-likeness (QED) is 0.439. The van der Waals surface area contributed by atoms with E-state index in [2.05, 4.69) is 4.99 Å². The lowest BCUT2D eigenvalue weighted by atomic mass is 10.3. The third kappa shape index (κ3) is 3.46. The van der Waals surface area contributed by atoms with Gasteiger partial charge in [0.2, 0.25) is 0 Å². The number of carbonyl (C=O) groups is 1. The molecule has 0 aromatic rings. The van der Waals surface area contributed by atoms with Crippen LogP contribution < -0.4 is 0 Å². The second kappa shape index (κ2) is 3.83. The van der Waals surface area contributed by atoms with Crippen LogP contribution in [0.25, 0.3) is 0 Å². The summed E-state index contributed by atoms with van der Waals surface area (Å²) in [4.78, 5) is 13.7. The topological polar surface area (TPSA) is 49.7 Å². The first kappa shape index (κ1) is 7.88. The van der Waals surface area contributed by atoms with Gasteiger partial charge in [0.05, 0.1) is 0 Å². The normalized spacial score (nSPS) is 12.4. The molecule has 0 heterocycles. The highest BCUT2D eigenvalue weighted by Gasteiger charge is 1.94. The zero-order chi connectivity index (χ0) is 7.28. The molecule has 0 aliphatic heterocycles. The number of hydrogen-bond acceptors (Lipinski definition) is 2. The van der Waals surface area contributed by atoms with Gasteiger partial charge >= 0.3 is 5.97 Å². The highest BCUT2D eigenvalue weighted by Crippen LogP contribution is 1.87. The Morgan fingerprint density at radius 3 is 2.56 bits per heavy atom. The molecule has 0 bridgehead atoms. The van der Waals surface area contributed by atoms with Crippen molar-refractivity contribution in [3.8, 4) is 0 Å². The van der Waals surface area contributed by atoms with Gasteiger partial charge in [0, 0.05) is 18.8 Å². The minimum Gasteiger partial charge on any atom is -0.478 e. The molecular weight excluding hydrogens is 118 g/mol. The van der Waals surface area contributed by atoms with Crippen LogP contribution in [0.5, 0.6) is 0 Å². The summed E-state index contributed by atoms with van der Waals surface area (Å²) in [6.45, 7) is 1.52. The Balaban J connectivity index is 4.00. The SMILES string of the molecule is CN=CC=C(C)C(=O)O. The number of rotatable bonds is 2. The molecular formula is C6H9NO2. The first-order chi connectivity index (χ1) is 4.18. The molecule has 0 aliphatic rings. The van der Waals surface area contributed by atoms with E-state index in [0.717, 1.165) is 0 Å². The van der Waals surface area contributed by atoms with Crippen molar-refractivity contribution >= 4 is 12.2 Å². The van der Waals surface area contributed by atoms with Crippen LogP contribution in [-0.2, 0) is 4.79 Å². The van der Waals surface area contributed by atoms with Gasteiger partial charge in [-0.3, -0.25) is 4.99 Å². The van der Waals surface area contributed by atoms with Crippen LogP contribution in [0.1, 0.15) is 6.92 Å². The lowest BCUT2D eigenvalue weighted by Crippen LogP contribution is -1.95.